The fraction of sp³-hybridized carbons (Fsp3) is 0.235. The molecule has 0 saturated heterocycles. The Balaban J connectivity index is 2.70. The largest absolute Gasteiger partial charge is 0.495 e. The number of methoxy groups -OCH3 is 2. The van der Waals surface area contributed by atoms with Crippen molar-refractivity contribution in [1.29, 1.82) is 0 Å². The molecule has 2 aromatic carbocycles. The number of halogens is 1. The fourth-order valence-corrected chi connectivity index (χ4v) is 4.01. The van der Waals surface area contributed by atoms with Gasteiger partial charge in [-0.15, -0.1) is 0 Å². The molecular formula is C17H17ClN2O7S. The second-order valence-electron chi connectivity index (χ2n) is 5.61. The first-order valence-electron chi connectivity index (χ1n) is 7.80. The highest BCUT2D eigenvalue weighted by molar-refractivity contribution is 7.92. The van der Waals surface area contributed by atoms with Gasteiger partial charge >= 0.3 is 5.97 Å². The summed E-state index contributed by atoms with van der Waals surface area (Å²) in [4.78, 5) is 22.0. The first-order valence-corrected chi connectivity index (χ1v) is 9.61. The van der Waals surface area contributed by atoms with Gasteiger partial charge in [0.1, 0.15) is 12.3 Å². The van der Waals surface area contributed by atoms with E-state index in [4.69, 9.17) is 16.3 Å². The highest BCUT2D eigenvalue weighted by Crippen LogP contribution is 2.35. The van der Waals surface area contributed by atoms with Crippen molar-refractivity contribution in [2.24, 2.45) is 0 Å². The molecule has 0 aliphatic rings. The molecule has 0 N–H and O–H groups in total. The van der Waals surface area contributed by atoms with Crippen LogP contribution in [0, 0.1) is 17.0 Å². The quantitative estimate of drug-likeness (QED) is 0.378. The zero-order chi connectivity index (χ0) is 21.1. The van der Waals surface area contributed by atoms with Crippen LogP contribution in [0.2, 0.25) is 5.02 Å². The normalized spacial score (nSPS) is 11.0. The number of carbonyl (C=O) groups is 1. The smallest absolute Gasteiger partial charge is 0.326 e. The Morgan fingerprint density at radius 2 is 1.89 bits per heavy atom. The summed E-state index contributed by atoms with van der Waals surface area (Å²) in [7, 11) is -1.96. The molecule has 0 aromatic heterocycles. The van der Waals surface area contributed by atoms with Crippen LogP contribution in [0.5, 0.6) is 5.75 Å². The van der Waals surface area contributed by atoms with Gasteiger partial charge in [0.2, 0.25) is 0 Å². The second-order valence-corrected chi connectivity index (χ2v) is 7.91. The number of sulfonamides is 1. The maximum atomic E-state index is 13.2. The van der Waals surface area contributed by atoms with Crippen LogP contribution in [-0.4, -0.2) is 40.1 Å². The van der Waals surface area contributed by atoms with Crippen LogP contribution >= 0.6 is 11.6 Å². The molecule has 0 aliphatic heterocycles. The van der Waals surface area contributed by atoms with Crippen LogP contribution in [0.1, 0.15) is 5.56 Å². The molecule has 0 unspecified atom stereocenters. The SMILES string of the molecule is COC(=O)CN(c1cc(Cl)ccc1OC)S(=O)(=O)c1ccc(C)c([N+](=O)[O-])c1. The van der Waals surface area contributed by atoms with Crippen molar-refractivity contribution in [3.8, 4) is 5.75 Å². The van der Waals surface area contributed by atoms with Crippen molar-refractivity contribution >= 4 is 39.0 Å². The number of nitro benzene ring substituents is 1. The Bertz CT molecular complexity index is 1020. The van der Waals surface area contributed by atoms with Gasteiger partial charge in [-0.2, -0.15) is 0 Å². The fourth-order valence-electron chi connectivity index (χ4n) is 2.41. The van der Waals surface area contributed by atoms with Crippen molar-refractivity contribution in [3.63, 3.8) is 0 Å². The maximum absolute atomic E-state index is 13.2. The summed E-state index contributed by atoms with van der Waals surface area (Å²) in [6, 6.07) is 7.71. The molecule has 0 atom stereocenters. The minimum absolute atomic E-state index is 0.0105. The lowest BCUT2D eigenvalue weighted by atomic mass is 10.2. The highest BCUT2D eigenvalue weighted by atomic mass is 35.5. The predicted molar refractivity (Wildman–Crippen MR) is 102 cm³/mol. The predicted octanol–water partition coefficient (Wildman–Crippen LogP) is 2.93. The molecule has 0 heterocycles. The summed E-state index contributed by atoms with van der Waals surface area (Å²) < 4.78 is 37.0. The van der Waals surface area contributed by atoms with Gasteiger partial charge < -0.3 is 9.47 Å². The first-order chi connectivity index (χ1) is 13.1. The van der Waals surface area contributed by atoms with Crippen molar-refractivity contribution in [2.75, 3.05) is 25.1 Å². The number of benzene rings is 2. The summed E-state index contributed by atoms with van der Waals surface area (Å²) in [5.74, 6) is -0.703. The summed E-state index contributed by atoms with van der Waals surface area (Å²) in [5, 5.41) is 11.4. The Morgan fingerprint density at radius 3 is 2.46 bits per heavy atom. The third kappa shape index (κ3) is 4.34. The Morgan fingerprint density at radius 1 is 1.21 bits per heavy atom. The molecule has 0 bridgehead atoms. The number of hydrogen-bond donors (Lipinski definition) is 0. The molecular weight excluding hydrogens is 412 g/mol. The topological polar surface area (TPSA) is 116 Å². The number of nitrogens with zero attached hydrogens (tertiary/aromatic N) is 2. The lowest BCUT2D eigenvalue weighted by Gasteiger charge is -2.25. The Labute approximate surface area is 166 Å². The molecule has 11 heteroatoms. The highest BCUT2D eigenvalue weighted by Gasteiger charge is 2.31. The van der Waals surface area contributed by atoms with E-state index >= 15 is 0 Å². The number of carbonyl (C=O) groups excluding carboxylic acids is 1. The first kappa shape index (κ1) is 21.5. The van der Waals surface area contributed by atoms with E-state index in [0.29, 0.717) is 5.56 Å². The zero-order valence-corrected chi connectivity index (χ0v) is 16.8. The van der Waals surface area contributed by atoms with E-state index in [-0.39, 0.29) is 27.0 Å². The zero-order valence-electron chi connectivity index (χ0n) is 15.2. The van der Waals surface area contributed by atoms with E-state index < -0.39 is 27.5 Å². The molecule has 2 aromatic rings. The Kier molecular flexibility index (Phi) is 6.47. The van der Waals surface area contributed by atoms with Crippen LogP contribution in [0.4, 0.5) is 11.4 Å². The number of esters is 1. The lowest BCUT2D eigenvalue weighted by molar-refractivity contribution is -0.385. The molecule has 0 fully saturated rings. The molecule has 9 nitrogen and oxygen atoms in total. The van der Waals surface area contributed by atoms with E-state index in [9.17, 15) is 23.3 Å². The minimum atomic E-state index is -4.39. The lowest BCUT2D eigenvalue weighted by Crippen LogP contribution is -2.36. The van der Waals surface area contributed by atoms with Gasteiger partial charge in [-0.1, -0.05) is 17.7 Å². The number of ether oxygens (including phenoxy) is 2. The third-order valence-corrected chi connectivity index (χ3v) is 5.87. The standard InChI is InChI=1S/C17H17ClN2O7S/c1-11-4-6-13(9-14(11)20(22)23)28(24,25)19(10-17(21)27-3)15-8-12(18)5-7-16(15)26-2/h4-9H,10H2,1-3H3. The Hall–Kier alpha value is -2.85. The summed E-state index contributed by atoms with van der Waals surface area (Å²) >= 11 is 5.99. The number of hydrogen-bond acceptors (Lipinski definition) is 7. The molecule has 0 radical (unpaired) electrons. The molecule has 150 valence electrons. The number of aryl methyl sites for hydroxylation is 1. The van der Waals surface area contributed by atoms with Gasteiger partial charge in [0.25, 0.3) is 15.7 Å². The van der Waals surface area contributed by atoms with Crippen LogP contribution in [0.25, 0.3) is 0 Å². The molecule has 0 spiro atoms. The van der Waals surface area contributed by atoms with Crippen LogP contribution in [0.15, 0.2) is 41.3 Å². The van der Waals surface area contributed by atoms with Gasteiger partial charge in [-0.3, -0.25) is 19.2 Å². The number of nitro groups is 1. The van der Waals surface area contributed by atoms with Crippen LogP contribution in [0.3, 0.4) is 0 Å². The van der Waals surface area contributed by atoms with Gasteiger partial charge in [-0.05, 0) is 31.2 Å². The third-order valence-electron chi connectivity index (χ3n) is 3.88. The van der Waals surface area contributed by atoms with Gasteiger partial charge in [-0.25, -0.2) is 8.42 Å². The van der Waals surface area contributed by atoms with Crippen molar-refractivity contribution < 1.29 is 27.6 Å². The van der Waals surface area contributed by atoms with Gasteiger partial charge in [0.15, 0.2) is 0 Å². The second kappa shape index (κ2) is 8.44. The number of anilines is 1. The van der Waals surface area contributed by atoms with Crippen molar-refractivity contribution in [2.45, 2.75) is 11.8 Å². The molecule has 0 aliphatic carbocycles. The van der Waals surface area contributed by atoms with Crippen LogP contribution in [-0.2, 0) is 19.6 Å². The average molecular weight is 429 g/mol. The summed E-state index contributed by atoms with van der Waals surface area (Å²) in [5.41, 5.74) is -0.0791. The maximum Gasteiger partial charge on any atom is 0.326 e. The van der Waals surface area contributed by atoms with Crippen molar-refractivity contribution in [1.82, 2.24) is 0 Å². The van der Waals surface area contributed by atoms with Crippen molar-refractivity contribution in [3.05, 3.63) is 57.1 Å². The van der Waals surface area contributed by atoms with E-state index in [0.717, 1.165) is 17.5 Å². The van der Waals surface area contributed by atoms with E-state index in [2.05, 4.69) is 4.74 Å². The molecule has 28 heavy (non-hydrogen) atoms. The minimum Gasteiger partial charge on any atom is -0.495 e. The summed E-state index contributed by atoms with van der Waals surface area (Å²) in [6.07, 6.45) is 0. The van der Waals surface area contributed by atoms with Crippen LogP contribution < -0.4 is 9.04 Å². The molecule has 0 amide bonds. The molecule has 2 rings (SSSR count). The van der Waals surface area contributed by atoms with Gasteiger partial charge in [0, 0.05) is 16.7 Å². The van der Waals surface area contributed by atoms with E-state index in [1.807, 2.05) is 0 Å². The van der Waals surface area contributed by atoms with E-state index in [1.54, 1.807) is 0 Å². The summed E-state index contributed by atoms with van der Waals surface area (Å²) in [6.45, 7) is 0.804. The van der Waals surface area contributed by atoms with E-state index in [1.165, 1.54) is 44.4 Å². The molecule has 0 saturated carbocycles. The van der Waals surface area contributed by atoms with Gasteiger partial charge in [0.05, 0.1) is 29.7 Å². The monoisotopic (exact) mass is 428 g/mol. The number of rotatable bonds is 7. The average Bonchev–Trinajstić information content (AvgIpc) is 2.65.